The summed E-state index contributed by atoms with van der Waals surface area (Å²) in [5.41, 5.74) is 9.54. The van der Waals surface area contributed by atoms with E-state index >= 15 is 0 Å². The highest BCUT2D eigenvalue weighted by molar-refractivity contribution is 5.24. The van der Waals surface area contributed by atoms with Crippen molar-refractivity contribution in [2.75, 3.05) is 0 Å². The number of nitrogens with two attached hydrogens (primary N) is 1. The zero-order chi connectivity index (χ0) is 12.6. The molecule has 0 spiro atoms. The molecule has 1 aromatic rings. The van der Waals surface area contributed by atoms with E-state index < -0.39 is 0 Å². The SMILES string of the molecule is Cc1cccc(CC2(N)CCCC(C3CC3)C2)c1. The molecule has 2 fully saturated rings. The van der Waals surface area contributed by atoms with Gasteiger partial charge in [-0.15, -0.1) is 0 Å². The molecule has 18 heavy (non-hydrogen) atoms. The third-order valence-corrected chi connectivity index (χ3v) is 4.85. The first-order valence-electron chi connectivity index (χ1n) is 7.49. The Bertz CT molecular complexity index is 421. The molecular weight excluding hydrogens is 218 g/mol. The normalized spacial score (nSPS) is 32.4. The van der Waals surface area contributed by atoms with Gasteiger partial charge in [-0.1, -0.05) is 42.7 Å². The third-order valence-electron chi connectivity index (χ3n) is 4.85. The fraction of sp³-hybridized carbons (Fsp3) is 0.647. The summed E-state index contributed by atoms with van der Waals surface area (Å²) in [5, 5.41) is 0. The largest absolute Gasteiger partial charge is 0.325 e. The lowest BCUT2D eigenvalue weighted by atomic mass is 9.72. The van der Waals surface area contributed by atoms with Gasteiger partial charge in [0.1, 0.15) is 0 Å². The molecule has 0 saturated heterocycles. The van der Waals surface area contributed by atoms with Gasteiger partial charge in [-0.2, -0.15) is 0 Å². The van der Waals surface area contributed by atoms with E-state index in [1.165, 1.54) is 49.7 Å². The predicted molar refractivity (Wildman–Crippen MR) is 76.5 cm³/mol. The van der Waals surface area contributed by atoms with Crippen LogP contribution in [0.3, 0.4) is 0 Å². The van der Waals surface area contributed by atoms with Crippen molar-refractivity contribution < 1.29 is 0 Å². The molecule has 0 amide bonds. The van der Waals surface area contributed by atoms with E-state index in [1.807, 2.05) is 0 Å². The summed E-state index contributed by atoms with van der Waals surface area (Å²) in [6.45, 7) is 2.17. The highest BCUT2D eigenvalue weighted by atomic mass is 14.8. The van der Waals surface area contributed by atoms with Crippen LogP contribution >= 0.6 is 0 Å². The van der Waals surface area contributed by atoms with Crippen molar-refractivity contribution in [1.29, 1.82) is 0 Å². The van der Waals surface area contributed by atoms with Crippen LogP contribution in [-0.2, 0) is 6.42 Å². The molecule has 2 aliphatic rings. The molecule has 98 valence electrons. The summed E-state index contributed by atoms with van der Waals surface area (Å²) < 4.78 is 0. The first-order valence-corrected chi connectivity index (χ1v) is 7.49. The van der Waals surface area contributed by atoms with E-state index in [-0.39, 0.29) is 5.54 Å². The first kappa shape index (κ1) is 12.2. The fourth-order valence-electron chi connectivity index (χ4n) is 3.80. The standard InChI is InChI=1S/C17H25N/c1-13-4-2-5-14(10-13)11-17(18)9-3-6-16(12-17)15-7-8-15/h2,4-5,10,15-16H,3,6-9,11-12,18H2,1H3. The Morgan fingerprint density at radius 2 is 2.06 bits per heavy atom. The maximum Gasteiger partial charge on any atom is 0.0197 e. The van der Waals surface area contributed by atoms with Crippen molar-refractivity contribution in [3.05, 3.63) is 35.4 Å². The van der Waals surface area contributed by atoms with Crippen LogP contribution in [0.4, 0.5) is 0 Å². The molecule has 2 atom stereocenters. The van der Waals surface area contributed by atoms with Crippen molar-refractivity contribution in [1.82, 2.24) is 0 Å². The first-order chi connectivity index (χ1) is 8.65. The maximum atomic E-state index is 6.70. The molecule has 3 rings (SSSR count). The van der Waals surface area contributed by atoms with Gasteiger partial charge in [-0.25, -0.2) is 0 Å². The molecule has 1 heteroatoms. The minimum Gasteiger partial charge on any atom is -0.325 e. The molecule has 1 aromatic carbocycles. The van der Waals surface area contributed by atoms with Gasteiger partial charge in [0, 0.05) is 5.54 Å². The summed E-state index contributed by atoms with van der Waals surface area (Å²) in [5.74, 6) is 1.94. The van der Waals surface area contributed by atoms with Crippen molar-refractivity contribution in [3.63, 3.8) is 0 Å². The second-order valence-corrected chi connectivity index (χ2v) is 6.72. The summed E-state index contributed by atoms with van der Waals surface area (Å²) in [6, 6.07) is 8.87. The van der Waals surface area contributed by atoms with Crippen LogP contribution in [0, 0.1) is 18.8 Å². The molecule has 0 aliphatic heterocycles. The van der Waals surface area contributed by atoms with Crippen LogP contribution in [0.15, 0.2) is 24.3 Å². The molecule has 0 bridgehead atoms. The van der Waals surface area contributed by atoms with Gasteiger partial charge in [0.15, 0.2) is 0 Å². The van der Waals surface area contributed by atoms with Gasteiger partial charge in [-0.3, -0.25) is 0 Å². The van der Waals surface area contributed by atoms with Crippen molar-refractivity contribution in [3.8, 4) is 0 Å². The summed E-state index contributed by atoms with van der Waals surface area (Å²) >= 11 is 0. The topological polar surface area (TPSA) is 26.0 Å². The van der Waals surface area contributed by atoms with Gasteiger partial charge >= 0.3 is 0 Å². The van der Waals surface area contributed by atoms with E-state index in [4.69, 9.17) is 5.73 Å². The summed E-state index contributed by atoms with van der Waals surface area (Å²) in [4.78, 5) is 0. The highest BCUT2D eigenvalue weighted by Crippen LogP contribution is 2.46. The molecule has 1 nitrogen and oxygen atoms in total. The number of benzene rings is 1. The molecular formula is C17H25N. The van der Waals surface area contributed by atoms with Crippen LogP contribution in [0.1, 0.15) is 49.7 Å². The zero-order valence-corrected chi connectivity index (χ0v) is 11.5. The number of rotatable bonds is 3. The minimum atomic E-state index is 0.0688. The number of hydrogen-bond acceptors (Lipinski definition) is 1. The third kappa shape index (κ3) is 2.77. The van der Waals surface area contributed by atoms with Crippen LogP contribution < -0.4 is 5.73 Å². The predicted octanol–water partition coefficient (Wildman–Crippen LogP) is 3.84. The quantitative estimate of drug-likeness (QED) is 0.857. The van der Waals surface area contributed by atoms with Crippen LogP contribution in [0.2, 0.25) is 0 Å². The Morgan fingerprint density at radius 3 is 2.78 bits per heavy atom. The number of hydrogen-bond donors (Lipinski definition) is 1. The minimum absolute atomic E-state index is 0.0688. The van der Waals surface area contributed by atoms with Gasteiger partial charge in [-0.05, 0) is 56.4 Å². The van der Waals surface area contributed by atoms with E-state index in [1.54, 1.807) is 0 Å². The van der Waals surface area contributed by atoms with Gasteiger partial charge in [0.2, 0.25) is 0 Å². The molecule has 2 aliphatic carbocycles. The molecule has 0 aromatic heterocycles. The summed E-state index contributed by atoms with van der Waals surface area (Å²) in [7, 11) is 0. The lowest BCUT2D eigenvalue weighted by Gasteiger charge is -2.38. The van der Waals surface area contributed by atoms with E-state index in [9.17, 15) is 0 Å². The monoisotopic (exact) mass is 243 g/mol. The van der Waals surface area contributed by atoms with Crippen molar-refractivity contribution in [2.45, 2.75) is 57.4 Å². The second kappa shape index (κ2) is 4.70. The zero-order valence-electron chi connectivity index (χ0n) is 11.5. The fourth-order valence-corrected chi connectivity index (χ4v) is 3.80. The van der Waals surface area contributed by atoms with Crippen molar-refractivity contribution >= 4 is 0 Å². The van der Waals surface area contributed by atoms with Crippen LogP contribution in [0.25, 0.3) is 0 Å². The lowest BCUT2D eigenvalue weighted by molar-refractivity contribution is 0.204. The molecule has 0 radical (unpaired) electrons. The molecule has 2 N–H and O–H groups in total. The van der Waals surface area contributed by atoms with E-state index in [0.29, 0.717) is 0 Å². The Balaban J connectivity index is 1.69. The highest BCUT2D eigenvalue weighted by Gasteiger charge is 2.39. The second-order valence-electron chi connectivity index (χ2n) is 6.72. The molecule has 2 saturated carbocycles. The lowest BCUT2D eigenvalue weighted by Crippen LogP contribution is -2.46. The summed E-state index contributed by atoms with van der Waals surface area (Å²) in [6.07, 6.45) is 9.23. The van der Waals surface area contributed by atoms with E-state index in [0.717, 1.165) is 18.3 Å². The smallest absolute Gasteiger partial charge is 0.0197 e. The van der Waals surface area contributed by atoms with Gasteiger partial charge < -0.3 is 5.73 Å². The molecule has 0 heterocycles. The maximum absolute atomic E-state index is 6.70. The van der Waals surface area contributed by atoms with Gasteiger partial charge in [0.25, 0.3) is 0 Å². The Morgan fingerprint density at radius 1 is 1.22 bits per heavy atom. The van der Waals surface area contributed by atoms with Gasteiger partial charge in [0.05, 0.1) is 0 Å². The Labute approximate surface area is 111 Å². The molecule has 2 unspecified atom stereocenters. The Hall–Kier alpha value is -0.820. The van der Waals surface area contributed by atoms with Crippen molar-refractivity contribution in [2.24, 2.45) is 17.6 Å². The van der Waals surface area contributed by atoms with E-state index in [2.05, 4.69) is 31.2 Å². The average Bonchev–Trinajstić information content (AvgIpc) is 3.12. The Kier molecular flexibility index (Phi) is 3.19. The number of aryl methyl sites for hydroxylation is 1. The van der Waals surface area contributed by atoms with Crippen LogP contribution in [0.5, 0.6) is 0 Å². The van der Waals surface area contributed by atoms with Crippen LogP contribution in [-0.4, -0.2) is 5.54 Å². The average molecular weight is 243 g/mol.